The molecule has 25 heavy (non-hydrogen) atoms. The fraction of sp³-hybridized carbons (Fsp3) is 0.389. The van der Waals surface area contributed by atoms with Crippen LogP contribution in [-0.2, 0) is 4.79 Å². The van der Waals surface area contributed by atoms with Crippen molar-refractivity contribution in [2.75, 3.05) is 13.1 Å². The summed E-state index contributed by atoms with van der Waals surface area (Å²) >= 11 is 0. The molecule has 2 heterocycles. The molecule has 1 aromatic carbocycles. The molecule has 1 saturated heterocycles. The van der Waals surface area contributed by atoms with Gasteiger partial charge < -0.3 is 9.84 Å². The van der Waals surface area contributed by atoms with Gasteiger partial charge in [0.2, 0.25) is 5.88 Å². The van der Waals surface area contributed by atoms with Crippen molar-refractivity contribution in [2.45, 2.75) is 32.2 Å². The second-order valence-electron chi connectivity index (χ2n) is 6.14. The molecule has 0 saturated carbocycles. The lowest BCUT2D eigenvalue weighted by Crippen LogP contribution is -2.38. The highest BCUT2D eigenvalue weighted by molar-refractivity contribution is 5.69. The number of carboxylic acid groups (broad SMARTS) is 1. The minimum absolute atomic E-state index is 0.0316. The van der Waals surface area contributed by atoms with Gasteiger partial charge in [-0.15, -0.1) is 0 Å². The predicted molar refractivity (Wildman–Crippen MR) is 89.0 cm³/mol. The van der Waals surface area contributed by atoms with Crippen LogP contribution in [0.15, 0.2) is 30.3 Å². The molecule has 0 unspecified atom stereocenters. The van der Waals surface area contributed by atoms with Crippen molar-refractivity contribution in [2.24, 2.45) is 0 Å². The number of hydrogen-bond acceptors (Lipinski definition) is 5. The number of halogens is 1. The summed E-state index contributed by atoms with van der Waals surface area (Å²) in [4.78, 5) is 22.0. The van der Waals surface area contributed by atoms with Crippen LogP contribution in [0.25, 0.3) is 0 Å². The van der Waals surface area contributed by atoms with E-state index in [0.29, 0.717) is 24.0 Å². The Morgan fingerprint density at radius 3 is 2.80 bits per heavy atom. The number of rotatable bonds is 5. The smallest absolute Gasteiger partial charge is 0.317 e. The molecule has 0 aliphatic carbocycles. The fourth-order valence-corrected chi connectivity index (χ4v) is 3.03. The monoisotopic (exact) mass is 345 g/mol. The molecule has 7 heteroatoms. The van der Waals surface area contributed by atoms with Crippen LogP contribution < -0.4 is 4.74 Å². The van der Waals surface area contributed by atoms with E-state index in [9.17, 15) is 9.18 Å². The fourth-order valence-electron chi connectivity index (χ4n) is 3.03. The molecular weight excluding hydrogens is 325 g/mol. The average molecular weight is 345 g/mol. The van der Waals surface area contributed by atoms with Crippen LogP contribution in [0.2, 0.25) is 0 Å². The van der Waals surface area contributed by atoms with Gasteiger partial charge in [-0.3, -0.25) is 9.69 Å². The maximum absolute atomic E-state index is 13.0. The minimum Gasteiger partial charge on any atom is -0.480 e. The minimum atomic E-state index is -0.859. The van der Waals surface area contributed by atoms with Crippen LogP contribution in [0, 0.1) is 12.7 Å². The van der Waals surface area contributed by atoms with Crippen molar-refractivity contribution in [3.8, 4) is 11.6 Å². The lowest BCUT2D eigenvalue weighted by atomic mass is 10.0. The summed E-state index contributed by atoms with van der Waals surface area (Å²) in [6.45, 7) is 2.52. The van der Waals surface area contributed by atoms with Gasteiger partial charge in [0.1, 0.15) is 17.4 Å². The largest absolute Gasteiger partial charge is 0.480 e. The Bertz CT molecular complexity index is 752. The Labute approximate surface area is 145 Å². The molecular formula is C18H20FN3O3. The highest BCUT2D eigenvalue weighted by Crippen LogP contribution is 2.30. The zero-order chi connectivity index (χ0) is 17.8. The molecule has 1 aliphatic heterocycles. The number of likely N-dealkylation sites (tertiary alicyclic amines) is 1. The molecule has 0 radical (unpaired) electrons. The highest BCUT2D eigenvalue weighted by Gasteiger charge is 2.28. The summed E-state index contributed by atoms with van der Waals surface area (Å²) in [5.41, 5.74) is 0.739. The Kier molecular flexibility index (Phi) is 5.23. The van der Waals surface area contributed by atoms with Crippen molar-refractivity contribution < 1.29 is 19.0 Å². The summed E-state index contributed by atoms with van der Waals surface area (Å²) in [7, 11) is 0. The first-order chi connectivity index (χ1) is 12.0. The van der Waals surface area contributed by atoms with Gasteiger partial charge in [-0.25, -0.2) is 9.37 Å². The molecule has 1 aromatic heterocycles. The number of carboxylic acids is 1. The summed E-state index contributed by atoms with van der Waals surface area (Å²) in [5.74, 6) is 0.227. The zero-order valence-electron chi connectivity index (χ0n) is 14.0. The second-order valence-corrected chi connectivity index (χ2v) is 6.14. The number of carbonyl (C=O) groups is 1. The van der Waals surface area contributed by atoms with E-state index in [-0.39, 0.29) is 18.4 Å². The number of aryl methyl sites for hydroxylation is 1. The number of benzene rings is 1. The molecule has 132 valence electrons. The van der Waals surface area contributed by atoms with E-state index in [1.165, 1.54) is 24.3 Å². The Morgan fingerprint density at radius 1 is 1.32 bits per heavy atom. The van der Waals surface area contributed by atoms with Crippen LogP contribution in [0.3, 0.4) is 0 Å². The van der Waals surface area contributed by atoms with E-state index in [1.54, 1.807) is 6.07 Å². The molecule has 3 rings (SSSR count). The van der Waals surface area contributed by atoms with E-state index in [4.69, 9.17) is 9.84 Å². The Morgan fingerprint density at radius 2 is 2.08 bits per heavy atom. The standard InChI is InChI=1S/C18H20FN3O3/c1-12-10-16(25-14-7-5-13(19)6-8-14)21-18(20-12)15-4-2-3-9-22(15)11-17(23)24/h5-8,10,15H,2-4,9,11H2,1H3,(H,23,24)/t15-/m1/s1. The van der Waals surface area contributed by atoms with E-state index >= 15 is 0 Å². The second kappa shape index (κ2) is 7.57. The Balaban J connectivity index is 1.84. The first-order valence-electron chi connectivity index (χ1n) is 8.26. The van der Waals surface area contributed by atoms with Crippen molar-refractivity contribution >= 4 is 5.97 Å². The third kappa shape index (κ3) is 4.51. The van der Waals surface area contributed by atoms with Gasteiger partial charge >= 0.3 is 5.97 Å². The lowest BCUT2D eigenvalue weighted by Gasteiger charge is -2.33. The molecule has 1 fully saturated rings. The molecule has 1 N–H and O–H groups in total. The number of hydrogen-bond donors (Lipinski definition) is 1. The van der Waals surface area contributed by atoms with Crippen LogP contribution in [-0.4, -0.2) is 39.0 Å². The third-order valence-corrected chi connectivity index (χ3v) is 4.13. The van der Waals surface area contributed by atoms with Gasteiger partial charge in [0.15, 0.2) is 0 Å². The van der Waals surface area contributed by atoms with Crippen LogP contribution >= 0.6 is 0 Å². The Hall–Kier alpha value is -2.54. The topological polar surface area (TPSA) is 75.5 Å². The molecule has 1 aliphatic rings. The highest BCUT2D eigenvalue weighted by atomic mass is 19.1. The van der Waals surface area contributed by atoms with Gasteiger partial charge in [-0.05, 0) is 50.6 Å². The number of nitrogens with zero attached hydrogens (tertiary/aromatic N) is 3. The van der Waals surface area contributed by atoms with Crippen molar-refractivity contribution in [1.29, 1.82) is 0 Å². The maximum Gasteiger partial charge on any atom is 0.317 e. The van der Waals surface area contributed by atoms with Gasteiger partial charge in [-0.2, -0.15) is 4.98 Å². The van der Waals surface area contributed by atoms with E-state index in [0.717, 1.165) is 25.0 Å². The molecule has 6 nitrogen and oxygen atoms in total. The number of aromatic nitrogens is 2. The summed E-state index contributed by atoms with van der Waals surface area (Å²) in [6.07, 6.45) is 2.79. The number of aliphatic carboxylic acids is 1. The molecule has 1 atom stereocenters. The van der Waals surface area contributed by atoms with Crippen molar-refractivity contribution in [3.05, 3.63) is 47.7 Å². The van der Waals surface area contributed by atoms with E-state index < -0.39 is 5.97 Å². The van der Waals surface area contributed by atoms with Crippen molar-refractivity contribution in [3.63, 3.8) is 0 Å². The van der Waals surface area contributed by atoms with Crippen LogP contribution in [0.5, 0.6) is 11.6 Å². The third-order valence-electron chi connectivity index (χ3n) is 4.13. The van der Waals surface area contributed by atoms with Gasteiger partial charge in [0.25, 0.3) is 0 Å². The van der Waals surface area contributed by atoms with Gasteiger partial charge in [-0.1, -0.05) is 6.42 Å². The van der Waals surface area contributed by atoms with Gasteiger partial charge in [0.05, 0.1) is 12.6 Å². The van der Waals surface area contributed by atoms with E-state index in [2.05, 4.69) is 9.97 Å². The molecule has 0 bridgehead atoms. The lowest BCUT2D eigenvalue weighted by molar-refractivity contribution is -0.139. The maximum atomic E-state index is 13.0. The van der Waals surface area contributed by atoms with Crippen LogP contribution in [0.4, 0.5) is 4.39 Å². The normalized spacial score (nSPS) is 18.1. The van der Waals surface area contributed by atoms with Crippen molar-refractivity contribution in [1.82, 2.24) is 14.9 Å². The predicted octanol–water partition coefficient (Wildman–Crippen LogP) is 3.33. The van der Waals surface area contributed by atoms with E-state index in [1.807, 2.05) is 11.8 Å². The summed E-state index contributed by atoms with van der Waals surface area (Å²) in [6, 6.07) is 7.27. The van der Waals surface area contributed by atoms with Gasteiger partial charge in [0, 0.05) is 11.8 Å². The summed E-state index contributed by atoms with van der Waals surface area (Å²) < 4.78 is 18.7. The SMILES string of the molecule is Cc1cc(Oc2ccc(F)cc2)nc([C@H]2CCCCN2CC(=O)O)n1. The number of ether oxygens (including phenoxy) is 1. The summed E-state index contributed by atoms with van der Waals surface area (Å²) in [5, 5.41) is 9.12. The quantitative estimate of drug-likeness (QED) is 0.896. The molecule has 0 spiro atoms. The zero-order valence-corrected chi connectivity index (χ0v) is 14.0. The van der Waals surface area contributed by atoms with Crippen LogP contribution in [0.1, 0.15) is 36.8 Å². The number of piperidine rings is 1. The average Bonchev–Trinajstić information content (AvgIpc) is 2.56. The first-order valence-corrected chi connectivity index (χ1v) is 8.26. The molecule has 2 aromatic rings. The molecule has 0 amide bonds. The first kappa shape index (κ1) is 17.3.